The molecule has 0 aromatic carbocycles. The van der Waals surface area contributed by atoms with Crippen LogP contribution in [0.2, 0.25) is 0 Å². The second-order valence-electron chi connectivity index (χ2n) is 6.69. The first kappa shape index (κ1) is 23.0. The normalized spacial score (nSPS) is 20.4. The third-order valence-electron chi connectivity index (χ3n) is 4.66. The summed E-state index contributed by atoms with van der Waals surface area (Å²) in [5, 5.41) is 29.0. The number of carboxylic acids is 1. The lowest BCUT2D eigenvalue weighted by atomic mass is 10.0. The molecule has 0 bridgehead atoms. The highest BCUT2D eigenvalue weighted by Crippen LogP contribution is 2.41. The highest BCUT2D eigenvalue weighted by molar-refractivity contribution is 8.01. The number of nitrogens with one attached hydrogen (secondary N) is 1. The fourth-order valence-electron chi connectivity index (χ4n) is 3.19. The van der Waals surface area contributed by atoms with Crippen LogP contribution < -0.4 is 11.1 Å². The van der Waals surface area contributed by atoms with E-state index in [1.165, 1.54) is 40.2 Å². The van der Waals surface area contributed by atoms with Gasteiger partial charge in [-0.15, -0.1) is 28.2 Å². The van der Waals surface area contributed by atoms with Crippen LogP contribution in [0.25, 0.3) is 0 Å². The van der Waals surface area contributed by atoms with Crippen LogP contribution in [-0.4, -0.2) is 88.7 Å². The number of carbonyl (C=O) groups is 3. The van der Waals surface area contributed by atoms with Gasteiger partial charge in [-0.1, -0.05) is 16.9 Å². The first-order chi connectivity index (χ1) is 15.8. The summed E-state index contributed by atoms with van der Waals surface area (Å²) in [5.41, 5.74) is 6.17. The van der Waals surface area contributed by atoms with E-state index in [1.807, 2.05) is 0 Å². The van der Waals surface area contributed by atoms with Gasteiger partial charge in [0.05, 0.1) is 0 Å². The van der Waals surface area contributed by atoms with Gasteiger partial charge in [-0.2, -0.15) is 0 Å². The van der Waals surface area contributed by atoms with Gasteiger partial charge in [0.2, 0.25) is 5.16 Å². The molecule has 0 saturated carbocycles. The van der Waals surface area contributed by atoms with E-state index in [0.29, 0.717) is 22.2 Å². The predicted octanol–water partition coefficient (Wildman–Crippen LogP) is -0.870. The minimum absolute atomic E-state index is 0.0880. The first-order valence-electron chi connectivity index (χ1n) is 9.20. The molecule has 17 heteroatoms. The van der Waals surface area contributed by atoms with Crippen LogP contribution in [0.3, 0.4) is 0 Å². The molecule has 2 aromatic rings. The smallest absolute Gasteiger partial charge is 0.352 e. The Morgan fingerprint density at radius 2 is 2.27 bits per heavy atom. The molecule has 14 nitrogen and oxygen atoms in total. The fourth-order valence-corrected chi connectivity index (χ4v) is 6.07. The van der Waals surface area contributed by atoms with Gasteiger partial charge in [0, 0.05) is 23.9 Å². The number of amides is 2. The molecule has 2 amide bonds. The lowest BCUT2D eigenvalue weighted by molar-refractivity contribution is -0.150. The Bertz CT molecular complexity index is 1180. The van der Waals surface area contributed by atoms with Crippen molar-refractivity contribution in [2.24, 2.45) is 12.2 Å². The number of nitrogens with zero attached hydrogens (tertiary/aromatic N) is 7. The molecule has 2 aliphatic rings. The number of thioether (sulfide) groups is 2. The molecule has 0 spiro atoms. The number of aryl methyl sites for hydroxylation is 1. The molecule has 1 saturated heterocycles. The van der Waals surface area contributed by atoms with E-state index in [4.69, 9.17) is 10.6 Å². The molecule has 33 heavy (non-hydrogen) atoms. The number of hydrogen-bond acceptors (Lipinski definition) is 13. The molecular weight excluding hydrogens is 494 g/mol. The number of β-lactam (4-membered cyclic amide) rings is 1. The standard InChI is InChI=1S/C16H17N9O5S3/c1-24-16(20-22-23-24)33-4-6-3-31-13-9(12(27)25(13)10(6)14(28)29)19-11(26)8(21-30-2)7-5-32-15(17)18-7/h5,9,13H,3-4H2,1-2H3,(H2,17,18)(H,19,26)(H,28,29)/b21-8-/t9-,13+/m0/s1. The van der Waals surface area contributed by atoms with Crippen molar-refractivity contribution >= 4 is 63.5 Å². The van der Waals surface area contributed by atoms with Gasteiger partial charge in [-0.3, -0.25) is 14.5 Å². The fraction of sp³-hybridized carbons (Fsp3) is 0.375. The Morgan fingerprint density at radius 3 is 2.88 bits per heavy atom. The Morgan fingerprint density at radius 1 is 1.48 bits per heavy atom. The van der Waals surface area contributed by atoms with Crippen molar-refractivity contribution in [2.75, 3.05) is 24.3 Å². The molecule has 174 valence electrons. The second kappa shape index (κ2) is 9.36. The molecule has 0 radical (unpaired) electrons. The van der Waals surface area contributed by atoms with Gasteiger partial charge < -0.3 is 21.0 Å². The number of oxime groups is 1. The summed E-state index contributed by atoms with van der Waals surface area (Å²) in [4.78, 5) is 47.6. The summed E-state index contributed by atoms with van der Waals surface area (Å²) in [7, 11) is 2.95. The number of carboxylic acid groups (broad SMARTS) is 1. The summed E-state index contributed by atoms with van der Waals surface area (Å²) in [5.74, 6) is -1.77. The van der Waals surface area contributed by atoms with Crippen LogP contribution in [0.1, 0.15) is 5.69 Å². The van der Waals surface area contributed by atoms with E-state index in [-0.39, 0.29) is 22.2 Å². The number of carbonyl (C=O) groups excluding carboxylic acids is 2. The number of aliphatic carboxylic acids is 1. The van der Waals surface area contributed by atoms with E-state index >= 15 is 0 Å². The van der Waals surface area contributed by atoms with Crippen molar-refractivity contribution in [1.82, 2.24) is 35.4 Å². The zero-order valence-corrected chi connectivity index (χ0v) is 19.6. The van der Waals surface area contributed by atoms with Crippen LogP contribution in [0.4, 0.5) is 5.13 Å². The predicted molar refractivity (Wildman–Crippen MR) is 119 cm³/mol. The van der Waals surface area contributed by atoms with Gasteiger partial charge in [-0.25, -0.2) is 14.5 Å². The van der Waals surface area contributed by atoms with Crippen LogP contribution in [-0.2, 0) is 26.3 Å². The van der Waals surface area contributed by atoms with Crippen molar-refractivity contribution in [2.45, 2.75) is 16.6 Å². The largest absolute Gasteiger partial charge is 0.477 e. The zero-order valence-electron chi connectivity index (χ0n) is 17.2. The maximum Gasteiger partial charge on any atom is 0.352 e. The van der Waals surface area contributed by atoms with Crippen LogP contribution in [0.5, 0.6) is 0 Å². The summed E-state index contributed by atoms with van der Waals surface area (Å²) < 4.78 is 1.47. The van der Waals surface area contributed by atoms with Crippen molar-refractivity contribution < 1.29 is 24.3 Å². The van der Waals surface area contributed by atoms with E-state index in [0.717, 1.165) is 11.3 Å². The number of anilines is 1. The average molecular weight is 512 g/mol. The molecule has 0 unspecified atom stereocenters. The minimum atomic E-state index is -1.22. The highest BCUT2D eigenvalue weighted by atomic mass is 32.2. The quantitative estimate of drug-likeness (QED) is 0.172. The molecule has 0 aliphatic carbocycles. The molecular formula is C16H17N9O5S3. The number of nitrogens with two attached hydrogens (primary N) is 1. The van der Waals surface area contributed by atoms with Gasteiger partial charge in [0.1, 0.15) is 29.9 Å². The van der Waals surface area contributed by atoms with E-state index in [2.05, 4.69) is 31.0 Å². The first-order valence-corrected chi connectivity index (χ1v) is 12.1. The number of rotatable bonds is 8. The molecule has 4 N–H and O–H groups in total. The molecule has 4 heterocycles. The van der Waals surface area contributed by atoms with Crippen molar-refractivity contribution in [3.05, 3.63) is 22.3 Å². The van der Waals surface area contributed by atoms with Crippen molar-refractivity contribution in [3.63, 3.8) is 0 Å². The number of aromatic nitrogens is 5. The monoisotopic (exact) mass is 511 g/mol. The summed E-state index contributed by atoms with van der Waals surface area (Å²) in [6, 6.07) is -0.924. The van der Waals surface area contributed by atoms with Crippen LogP contribution in [0, 0.1) is 0 Å². The Hall–Kier alpha value is -3.18. The molecule has 2 aromatic heterocycles. The number of nitrogen functional groups attached to an aromatic ring is 1. The van der Waals surface area contributed by atoms with Gasteiger partial charge in [-0.05, 0) is 16.0 Å². The number of hydrogen-bond donors (Lipinski definition) is 3. The van der Waals surface area contributed by atoms with E-state index < -0.39 is 29.2 Å². The number of thiazole rings is 1. The third-order valence-corrected chi connectivity index (χ3v) is 7.77. The maximum atomic E-state index is 12.9. The molecule has 2 atom stereocenters. The number of fused-ring (bicyclic) bond motifs is 1. The molecule has 4 rings (SSSR count). The zero-order chi connectivity index (χ0) is 23.7. The number of tetrazole rings is 1. The average Bonchev–Trinajstić information content (AvgIpc) is 3.40. The van der Waals surface area contributed by atoms with Crippen molar-refractivity contribution in [3.8, 4) is 0 Å². The highest BCUT2D eigenvalue weighted by Gasteiger charge is 2.54. The lowest BCUT2D eigenvalue weighted by Crippen LogP contribution is -2.71. The van der Waals surface area contributed by atoms with E-state index in [9.17, 15) is 19.5 Å². The van der Waals surface area contributed by atoms with Gasteiger partial charge >= 0.3 is 5.97 Å². The summed E-state index contributed by atoms with van der Waals surface area (Å²) in [6.45, 7) is 0. The molecule has 1 fully saturated rings. The summed E-state index contributed by atoms with van der Waals surface area (Å²) in [6.07, 6.45) is 0. The van der Waals surface area contributed by atoms with Crippen molar-refractivity contribution in [1.29, 1.82) is 0 Å². The second-order valence-corrected chi connectivity index (χ2v) is 9.62. The van der Waals surface area contributed by atoms with Crippen LogP contribution >= 0.6 is 34.9 Å². The molecule has 2 aliphatic heterocycles. The van der Waals surface area contributed by atoms with E-state index in [1.54, 1.807) is 12.4 Å². The topological polar surface area (TPSA) is 191 Å². The minimum Gasteiger partial charge on any atom is -0.477 e. The van der Waals surface area contributed by atoms with Gasteiger partial charge in [0.25, 0.3) is 11.8 Å². The summed E-state index contributed by atoms with van der Waals surface area (Å²) >= 11 is 3.75. The maximum absolute atomic E-state index is 12.9. The Kier molecular flexibility index (Phi) is 6.52. The Balaban J connectivity index is 1.49. The van der Waals surface area contributed by atoms with Crippen LogP contribution in [0.15, 0.2) is 27.0 Å². The lowest BCUT2D eigenvalue weighted by Gasteiger charge is -2.49. The third kappa shape index (κ3) is 4.38. The SMILES string of the molecule is CO/N=C(\C(=O)N[C@H]1C(=O)N2C(C(=O)O)=C(CSc3nnnn3C)CS[C@H]12)c1csc(N)n1. The Labute approximate surface area is 198 Å². The van der Waals surface area contributed by atoms with Gasteiger partial charge in [0.15, 0.2) is 10.8 Å².